The lowest BCUT2D eigenvalue weighted by molar-refractivity contribution is -0.146. The van der Waals surface area contributed by atoms with Crippen molar-refractivity contribution in [2.75, 3.05) is 31.2 Å². The molecule has 0 spiro atoms. The zero-order valence-corrected chi connectivity index (χ0v) is 12.3. The van der Waals surface area contributed by atoms with Gasteiger partial charge < -0.3 is 14.7 Å². The van der Waals surface area contributed by atoms with E-state index >= 15 is 0 Å². The van der Waals surface area contributed by atoms with Crippen molar-refractivity contribution >= 4 is 23.6 Å². The predicted molar refractivity (Wildman–Crippen MR) is 75.4 cm³/mol. The molecule has 0 aromatic carbocycles. The third kappa shape index (κ3) is 6.82. The Hall–Kier alpha value is -0.750. The number of nitrogens with zero attached hydrogens (tertiary/aromatic N) is 1. The molecule has 1 rings (SSSR count). The summed E-state index contributed by atoms with van der Waals surface area (Å²) >= 11 is 1.69. The van der Waals surface area contributed by atoms with Gasteiger partial charge in [0, 0.05) is 13.1 Å². The monoisotopic (exact) mass is 289 g/mol. The van der Waals surface area contributed by atoms with E-state index in [1.54, 1.807) is 11.8 Å². The largest absolute Gasteiger partial charge is 0.480 e. The molecule has 5 nitrogen and oxygen atoms in total. The van der Waals surface area contributed by atoms with Crippen LogP contribution >= 0.6 is 11.8 Å². The summed E-state index contributed by atoms with van der Waals surface area (Å²) in [4.78, 5) is 24.2. The number of carbonyl (C=O) groups excluding carboxylic acids is 1. The second kappa shape index (κ2) is 9.20. The van der Waals surface area contributed by atoms with Crippen molar-refractivity contribution in [2.24, 2.45) is 0 Å². The van der Waals surface area contributed by atoms with Gasteiger partial charge in [-0.1, -0.05) is 13.3 Å². The zero-order chi connectivity index (χ0) is 14.1. The summed E-state index contributed by atoms with van der Waals surface area (Å²) in [5.41, 5.74) is 0. The Morgan fingerprint density at radius 3 is 2.63 bits per heavy atom. The van der Waals surface area contributed by atoms with Crippen molar-refractivity contribution in [1.82, 2.24) is 4.90 Å². The summed E-state index contributed by atoms with van der Waals surface area (Å²) in [6, 6.07) is 0. The Labute approximate surface area is 118 Å². The Balaban J connectivity index is 2.14. The van der Waals surface area contributed by atoms with Crippen LogP contribution in [0.15, 0.2) is 0 Å². The lowest BCUT2D eigenvalue weighted by atomic mass is 10.1. The van der Waals surface area contributed by atoms with E-state index in [1.165, 1.54) is 0 Å². The molecule has 0 aromatic heterocycles. The molecule has 1 saturated heterocycles. The normalized spacial score (nSPS) is 16.6. The minimum atomic E-state index is -0.939. The first kappa shape index (κ1) is 16.3. The van der Waals surface area contributed by atoms with Gasteiger partial charge in [0.1, 0.15) is 6.61 Å². The lowest BCUT2D eigenvalue weighted by Crippen LogP contribution is -2.42. The summed E-state index contributed by atoms with van der Waals surface area (Å²) < 4.78 is 5.24. The van der Waals surface area contributed by atoms with Gasteiger partial charge in [-0.15, -0.1) is 0 Å². The van der Waals surface area contributed by atoms with E-state index in [-0.39, 0.29) is 18.6 Å². The standard InChI is InChI=1S/C13H23NO4S/c1-2-3-8-19-10-12(15)14-6-4-11(5-7-14)18-9-13(16)17/h11H,2-10H2,1H3,(H,16,17). The van der Waals surface area contributed by atoms with Crippen LogP contribution < -0.4 is 0 Å². The number of hydrogen-bond acceptors (Lipinski definition) is 4. The van der Waals surface area contributed by atoms with Crippen LogP contribution in [0.5, 0.6) is 0 Å². The number of carboxylic acids is 1. The first-order valence-corrected chi connectivity index (χ1v) is 7.98. The number of ether oxygens (including phenoxy) is 1. The highest BCUT2D eigenvalue weighted by Gasteiger charge is 2.23. The van der Waals surface area contributed by atoms with E-state index in [0.29, 0.717) is 18.8 Å². The predicted octanol–water partition coefficient (Wildman–Crippen LogP) is 1.61. The van der Waals surface area contributed by atoms with Crippen LogP contribution in [0.1, 0.15) is 32.6 Å². The van der Waals surface area contributed by atoms with Crippen molar-refractivity contribution in [3.63, 3.8) is 0 Å². The number of carboxylic acid groups (broad SMARTS) is 1. The number of rotatable bonds is 8. The third-order valence-electron chi connectivity index (χ3n) is 3.10. The second-order valence-corrected chi connectivity index (χ2v) is 5.80. The fourth-order valence-electron chi connectivity index (χ4n) is 1.96. The molecule has 1 aliphatic rings. The number of aliphatic carboxylic acids is 1. The van der Waals surface area contributed by atoms with Crippen LogP contribution in [0.25, 0.3) is 0 Å². The van der Waals surface area contributed by atoms with Crippen LogP contribution in [-0.4, -0.2) is 59.2 Å². The van der Waals surface area contributed by atoms with E-state index in [2.05, 4.69) is 6.92 Å². The molecule has 0 aromatic rings. The maximum atomic E-state index is 11.9. The zero-order valence-electron chi connectivity index (χ0n) is 11.5. The highest BCUT2D eigenvalue weighted by atomic mass is 32.2. The fourth-order valence-corrected chi connectivity index (χ4v) is 2.95. The SMILES string of the molecule is CCCCSCC(=O)N1CCC(OCC(=O)O)CC1. The summed E-state index contributed by atoms with van der Waals surface area (Å²) in [6.45, 7) is 3.25. The molecule has 110 valence electrons. The summed E-state index contributed by atoms with van der Waals surface area (Å²) in [6.07, 6.45) is 3.77. The molecule has 1 aliphatic heterocycles. The van der Waals surface area contributed by atoms with E-state index in [4.69, 9.17) is 9.84 Å². The highest BCUT2D eigenvalue weighted by Crippen LogP contribution is 2.15. The molecular formula is C13H23NO4S. The van der Waals surface area contributed by atoms with Crippen molar-refractivity contribution in [3.8, 4) is 0 Å². The molecule has 0 radical (unpaired) electrons. The Bertz CT molecular complexity index is 290. The number of piperidine rings is 1. The van der Waals surface area contributed by atoms with Gasteiger partial charge in [-0.3, -0.25) is 4.79 Å². The van der Waals surface area contributed by atoms with E-state index < -0.39 is 5.97 Å². The van der Waals surface area contributed by atoms with Crippen molar-refractivity contribution in [2.45, 2.75) is 38.7 Å². The molecule has 19 heavy (non-hydrogen) atoms. The van der Waals surface area contributed by atoms with Gasteiger partial charge in [0.25, 0.3) is 0 Å². The molecule has 0 aliphatic carbocycles. The number of thioether (sulfide) groups is 1. The summed E-state index contributed by atoms with van der Waals surface area (Å²) in [7, 11) is 0. The number of carbonyl (C=O) groups is 2. The first-order valence-electron chi connectivity index (χ1n) is 6.82. The minimum Gasteiger partial charge on any atom is -0.480 e. The maximum absolute atomic E-state index is 11.9. The number of unbranched alkanes of at least 4 members (excludes halogenated alkanes) is 1. The second-order valence-electron chi connectivity index (χ2n) is 4.69. The van der Waals surface area contributed by atoms with Crippen molar-refractivity contribution < 1.29 is 19.4 Å². The quantitative estimate of drug-likeness (QED) is 0.688. The molecule has 0 unspecified atom stereocenters. The topological polar surface area (TPSA) is 66.8 Å². The molecule has 1 heterocycles. The molecule has 1 N–H and O–H groups in total. The smallest absolute Gasteiger partial charge is 0.329 e. The molecule has 1 fully saturated rings. The van der Waals surface area contributed by atoms with Crippen molar-refractivity contribution in [1.29, 1.82) is 0 Å². The van der Waals surface area contributed by atoms with Gasteiger partial charge in [-0.05, 0) is 25.0 Å². The first-order chi connectivity index (χ1) is 9.13. The summed E-state index contributed by atoms with van der Waals surface area (Å²) in [5.74, 6) is 0.852. The average molecular weight is 289 g/mol. The van der Waals surface area contributed by atoms with Crippen LogP contribution in [0.3, 0.4) is 0 Å². The third-order valence-corrected chi connectivity index (χ3v) is 4.13. The highest BCUT2D eigenvalue weighted by molar-refractivity contribution is 7.99. The Morgan fingerprint density at radius 1 is 1.37 bits per heavy atom. The fraction of sp³-hybridized carbons (Fsp3) is 0.846. The van der Waals surface area contributed by atoms with Gasteiger partial charge in [-0.2, -0.15) is 11.8 Å². The van der Waals surface area contributed by atoms with Crippen LogP contribution in [0, 0.1) is 0 Å². The van der Waals surface area contributed by atoms with Gasteiger partial charge in [-0.25, -0.2) is 4.79 Å². The van der Waals surface area contributed by atoms with Crippen molar-refractivity contribution in [3.05, 3.63) is 0 Å². The van der Waals surface area contributed by atoms with Crippen LogP contribution in [-0.2, 0) is 14.3 Å². The summed E-state index contributed by atoms with van der Waals surface area (Å²) in [5, 5.41) is 8.53. The van der Waals surface area contributed by atoms with E-state index in [0.717, 1.165) is 31.4 Å². The van der Waals surface area contributed by atoms with E-state index in [1.807, 2.05) is 4.90 Å². The van der Waals surface area contributed by atoms with Gasteiger partial charge >= 0.3 is 5.97 Å². The van der Waals surface area contributed by atoms with Crippen LogP contribution in [0.2, 0.25) is 0 Å². The van der Waals surface area contributed by atoms with E-state index in [9.17, 15) is 9.59 Å². The molecule has 1 amide bonds. The lowest BCUT2D eigenvalue weighted by Gasteiger charge is -2.31. The van der Waals surface area contributed by atoms with Crippen LogP contribution in [0.4, 0.5) is 0 Å². The number of likely N-dealkylation sites (tertiary alicyclic amines) is 1. The molecule has 6 heteroatoms. The van der Waals surface area contributed by atoms with Gasteiger partial charge in [0.15, 0.2) is 0 Å². The maximum Gasteiger partial charge on any atom is 0.329 e. The molecular weight excluding hydrogens is 266 g/mol. The number of hydrogen-bond donors (Lipinski definition) is 1. The average Bonchev–Trinajstić information content (AvgIpc) is 2.41. The number of amides is 1. The molecule has 0 bridgehead atoms. The molecule has 0 atom stereocenters. The Kier molecular flexibility index (Phi) is 7.90. The van der Waals surface area contributed by atoms with Gasteiger partial charge in [0.05, 0.1) is 11.9 Å². The molecule has 0 saturated carbocycles. The minimum absolute atomic E-state index is 0.0205. The Morgan fingerprint density at radius 2 is 2.05 bits per heavy atom. The van der Waals surface area contributed by atoms with Gasteiger partial charge in [0.2, 0.25) is 5.91 Å².